The summed E-state index contributed by atoms with van der Waals surface area (Å²) in [4.78, 5) is 11.1. The van der Waals surface area contributed by atoms with Crippen molar-refractivity contribution >= 4 is 22.6 Å². The number of aromatic nitrogens is 2. The maximum absolute atomic E-state index is 10.6. The quantitative estimate of drug-likeness (QED) is 0.788. The lowest BCUT2D eigenvalue weighted by Crippen LogP contribution is -2.50. The Bertz CT molecular complexity index is 809. The average molecular weight is 407 g/mol. The second-order valence-electron chi connectivity index (χ2n) is 8.31. The minimum atomic E-state index is -0.632. The number of fused-ring (bicyclic) bond motifs is 1. The van der Waals surface area contributed by atoms with Crippen LogP contribution in [0.15, 0.2) is 18.3 Å². The molecule has 1 fully saturated rings. The van der Waals surface area contributed by atoms with E-state index in [1.165, 1.54) is 7.11 Å². The Labute approximate surface area is 171 Å². The highest BCUT2D eigenvalue weighted by atomic mass is 35.5. The van der Waals surface area contributed by atoms with E-state index in [0.29, 0.717) is 40.3 Å². The van der Waals surface area contributed by atoms with E-state index in [9.17, 15) is 5.11 Å². The molecule has 1 aromatic carbocycles. The summed E-state index contributed by atoms with van der Waals surface area (Å²) in [6.45, 7) is 8.39. The monoisotopic (exact) mass is 406 g/mol. The molecule has 3 rings (SSSR count). The number of benzene rings is 1. The summed E-state index contributed by atoms with van der Waals surface area (Å²) in [5, 5.41) is 11.1. The first-order valence-corrected chi connectivity index (χ1v) is 10.0. The Hall–Kier alpha value is -1.63. The summed E-state index contributed by atoms with van der Waals surface area (Å²) in [6.07, 6.45) is 5.35. The number of aliphatic hydroxyl groups is 1. The minimum absolute atomic E-state index is 0.134. The van der Waals surface area contributed by atoms with Crippen molar-refractivity contribution in [3.05, 3.63) is 29.8 Å². The number of likely N-dealkylation sites (tertiary alicyclic amines) is 1. The number of ether oxygens (including phenoxy) is 2. The predicted octanol–water partition coefficient (Wildman–Crippen LogP) is 3.75. The molecule has 0 bridgehead atoms. The fourth-order valence-corrected chi connectivity index (χ4v) is 3.92. The van der Waals surface area contributed by atoms with Crippen molar-refractivity contribution in [3.8, 4) is 11.6 Å². The zero-order valence-corrected chi connectivity index (χ0v) is 17.7. The van der Waals surface area contributed by atoms with Crippen molar-refractivity contribution in [2.75, 3.05) is 26.8 Å². The smallest absolute Gasteiger partial charge is 0.232 e. The van der Waals surface area contributed by atoms with Crippen LogP contribution in [0.5, 0.6) is 11.6 Å². The van der Waals surface area contributed by atoms with Crippen molar-refractivity contribution in [2.24, 2.45) is 5.41 Å². The molecular weight excluding hydrogens is 378 g/mol. The van der Waals surface area contributed by atoms with Crippen LogP contribution in [-0.4, -0.2) is 58.9 Å². The third-order valence-electron chi connectivity index (χ3n) is 5.12. The third-order valence-corrected chi connectivity index (χ3v) is 5.42. The third kappa shape index (κ3) is 4.85. The van der Waals surface area contributed by atoms with Gasteiger partial charge in [-0.2, -0.15) is 0 Å². The largest absolute Gasteiger partial charge is 0.487 e. The average Bonchev–Trinajstić information content (AvgIpc) is 2.66. The Morgan fingerprint density at radius 2 is 2.14 bits per heavy atom. The van der Waals surface area contributed by atoms with Gasteiger partial charge in [-0.3, -0.25) is 4.90 Å². The standard InChI is InChI=1S/C21H29ClN3O3/c1-21(2,3)17-7-5-6-10-25(17)12-14(26)13-28-20-15(22)8-9-16-19(20)24-18(27-4)11-23-16/h5,8-9,11,14,17,26H,6-7,10,12-13H2,1-4H3. The molecule has 6 nitrogen and oxygen atoms in total. The predicted molar refractivity (Wildman–Crippen MR) is 111 cm³/mol. The van der Waals surface area contributed by atoms with E-state index in [0.717, 1.165) is 19.4 Å². The lowest BCUT2D eigenvalue weighted by molar-refractivity contribution is 0.0160. The van der Waals surface area contributed by atoms with Gasteiger partial charge in [0.2, 0.25) is 5.88 Å². The number of nitrogens with zero attached hydrogens (tertiary/aromatic N) is 3. The van der Waals surface area contributed by atoms with Crippen molar-refractivity contribution in [1.29, 1.82) is 0 Å². The number of β-amino-alcohol motifs (C(OH)–C–C–N with tert-alkyl or cyclic N) is 1. The van der Waals surface area contributed by atoms with E-state index in [4.69, 9.17) is 21.1 Å². The van der Waals surface area contributed by atoms with Crippen molar-refractivity contribution < 1.29 is 14.6 Å². The molecule has 1 N–H and O–H groups in total. The van der Waals surface area contributed by atoms with Gasteiger partial charge in [0, 0.05) is 12.6 Å². The number of hydrogen-bond acceptors (Lipinski definition) is 6. The summed E-state index contributed by atoms with van der Waals surface area (Å²) in [5.41, 5.74) is 1.34. The van der Waals surface area contributed by atoms with E-state index >= 15 is 0 Å². The highest BCUT2D eigenvalue weighted by molar-refractivity contribution is 6.33. The summed E-state index contributed by atoms with van der Waals surface area (Å²) in [5.74, 6) is 0.807. The molecule has 2 aromatic rings. The van der Waals surface area contributed by atoms with Gasteiger partial charge in [-0.1, -0.05) is 32.4 Å². The second kappa shape index (κ2) is 8.80. The molecule has 1 radical (unpaired) electrons. The minimum Gasteiger partial charge on any atom is -0.487 e. The Morgan fingerprint density at radius 1 is 1.36 bits per heavy atom. The van der Waals surface area contributed by atoms with Gasteiger partial charge in [0.25, 0.3) is 0 Å². The number of methoxy groups -OCH3 is 1. The highest BCUT2D eigenvalue weighted by Gasteiger charge is 2.33. The molecule has 2 atom stereocenters. The summed E-state index contributed by atoms with van der Waals surface area (Å²) >= 11 is 6.33. The zero-order valence-electron chi connectivity index (χ0n) is 17.0. The molecule has 1 saturated heterocycles. The normalized spacial score (nSPS) is 19.6. The fourth-order valence-electron chi connectivity index (χ4n) is 3.71. The molecule has 1 aliphatic heterocycles. The van der Waals surface area contributed by atoms with Gasteiger partial charge in [0.1, 0.15) is 18.2 Å². The molecule has 0 spiro atoms. The Kier molecular flexibility index (Phi) is 6.63. The van der Waals surface area contributed by atoms with Crippen LogP contribution >= 0.6 is 11.6 Å². The Morgan fingerprint density at radius 3 is 2.86 bits per heavy atom. The van der Waals surface area contributed by atoms with Gasteiger partial charge in [-0.15, -0.1) is 0 Å². The first-order chi connectivity index (χ1) is 13.3. The molecular formula is C21H29ClN3O3. The summed E-state index contributed by atoms with van der Waals surface area (Å²) in [7, 11) is 1.53. The maximum Gasteiger partial charge on any atom is 0.232 e. The fraction of sp³-hybridized carbons (Fsp3) is 0.571. The van der Waals surface area contributed by atoms with E-state index in [1.54, 1.807) is 18.3 Å². The van der Waals surface area contributed by atoms with Crippen LogP contribution in [0.1, 0.15) is 33.6 Å². The molecule has 1 aromatic heterocycles. The first kappa shape index (κ1) is 21.1. The molecule has 0 aliphatic carbocycles. The van der Waals surface area contributed by atoms with Crippen LogP contribution in [0.4, 0.5) is 0 Å². The molecule has 0 saturated carbocycles. The summed E-state index contributed by atoms with van der Waals surface area (Å²) < 4.78 is 11.1. The number of hydrogen-bond donors (Lipinski definition) is 1. The van der Waals surface area contributed by atoms with Gasteiger partial charge < -0.3 is 14.6 Å². The topological polar surface area (TPSA) is 67.7 Å². The molecule has 0 amide bonds. The van der Waals surface area contributed by atoms with Crippen LogP contribution in [-0.2, 0) is 0 Å². The number of halogens is 1. The van der Waals surface area contributed by atoms with E-state index < -0.39 is 6.10 Å². The number of aliphatic hydroxyl groups excluding tert-OH is 1. The Balaban J connectivity index is 1.70. The lowest BCUT2D eigenvalue weighted by Gasteiger charge is -2.44. The van der Waals surface area contributed by atoms with E-state index in [1.807, 2.05) is 0 Å². The molecule has 1 aliphatic rings. The molecule has 153 valence electrons. The molecule has 2 unspecified atom stereocenters. The van der Waals surface area contributed by atoms with Crippen molar-refractivity contribution in [1.82, 2.24) is 14.9 Å². The molecule has 28 heavy (non-hydrogen) atoms. The van der Waals surface area contributed by atoms with Gasteiger partial charge in [-0.05, 0) is 43.4 Å². The van der Waals surface area contributed by atoms with Crippen molar-refractivity contribution in [2.45, 2.75) is 45.8 Å². The summed E-state index contributed by atoms with van der Waals surface area (Å²) in [6, 6.07) is 3.92. The molecule has 2 heterocycles. The van der Waals surface area contributed by atoms with Crippen LogP contribution in [0.3, 0.4) is 0 Å². The highest BCUT2D eigenvalue weighted by Crippen LogP contribution is 2.33. The molecule has 7 heteroatoms. The van der Waals surface area contributed by atoms with Crippen LogP contribution < -0.4 is 9.47 Å². The van der Waals surface area contributed by atoms with Crippen LogP contribution in [0, 0.1) is 11.8 Å². The SMILES string of the molecule is COc1cnc2ccc(Cl)c(OCC(O)CN3CC[CH]CC3C(C)(C)C)c2n1. The van der Waals surface area contributed by atoms with E-state index in [-0.39, 0.29) is 12.0 Å². The van der Waals surface area contributed by atoms with Gasteiger partial charge >= 0.3 is 0 Å². The zero-order chi connectivity index (χ0) is 20.3. The second-order valence-corrected chi connectivity index (χ2v) is 8.72. The lowest BCUT2D eigenvalue weighted by atomic mass is 9.80. The number of piperidine rings is 1. The van der Waals surface area contributed by atoms with Gasteiger partial charge in [0.15, 0.2) is 5.75 Å². The number of rotatable bonds is 6. The van der Waals surface area contributed by atoms with Gasteiger partial charge in [0.05, 0.1) is 23.8 Å². The maximum atomic E-state index is 10.6. The van der Waals surface area contributed by atoms with Crippen LogP contribution in [0.25, 0.3) is 11.0 Å². The first-order valence-electron chi connectivity index (χ1n) is 9.65. The van der Waals surface area contributed by atoms with Crippen LogP contribution in [0.2, 0.25) is 5.02 Å². The van der Waals surface area contributed by atoms with Gasteiger partial charge in [-0.25, -0.2) is 9.97 Å². The van der Waals surface area contributed by atoms with E-state index in [2.05, 4.69) is 42.1 Å². The van der Waals surface area contributed by atoms with Crippen molar-refractivity contribution in [3.63, 3.8) is 0 Å².